The lowest BCUT2D eigenvalue weighted by Crippen LogP contribution is -2.47. The Morgan fingerprint density at radius 3 is 2.56 bits per heavy atom. The van der Waals surface area contributed by atoms with Gasteiger partial charge in [0.25, 0.3) is 5.91 Å². The fourth-order valence-electron chi connectivity index (χ4n) is 3.05. The van der Waals surface area contributed by atoms with E-state index in [1.165, 1.54) is 6.33 Å². The van der Waals surface area contributed by atoms with Crippen molar-refractivity contribution in [2.45, 2.75) is 13.0 Å². The first-order chi connectivity index (χ1) is 12.9. The molecule has 27 heavy (non-hydrogen) atoms. The van der Waals surface area contributed by atoms with E-state index in [9.17, 15) is 9.59 Å². The quantitative estimate of drug-likeness (QED) is 0.839. The average molecular weight is 371 g/mol. The fourth-order valence-corrected chi connectivity index (χ4v) is 3.05. The number of nitrogens with one attached hydrogen (secondary N) is 2. The normalized spacial score (nSPS) is 16.0. The first-order valence-corrected chi connectivity index (χ1v) is 8.93. The van der Waals surface area contributed by atoms with Crippen LogP contribution in [0, 0.1) is 0 Å². The predicted octanol–water partition coefficient (Wildman–Crippen LogP) is 1.09. The van der Waals surface area contributed by atoms with Crippen molar-refractivity contribution in [3.63, 3.8) is 0 Å². The highest BCUT2D eigenvalue weighted by Crippen LogP contribution is 2.15. The lowest BCUT2D eigenvalue weighted by atomic mass is 10.1. The topological polar surface area (TPSA) is 95.4 Å². The molecule has 3 amide bonds. The number of piperazine rings is 1. The summed E-state index contributed by atoms with van der Waals surface area (Å²) in [4.78, 5) is 33.1. The predicted molar refractivity (Wildman–Crippen MR) is 101 cm³/mol. The average Bonchev–Trinajstić information content (AvgIpc) is 3.08. The first kappa shape index (κ1) is 18.8. The van der Waals surface area contributed by atoms with E-state index in [1.807, 2.05) is 18.9 Å². The highest BCUT2D eigenvalue weighted by Gasteiger charge is 2.21. The molecular weight excluding hydrogens is 346 g/mol. The highest BCUT2D eigenvalue weighted by atomic mass is 16.2. The number of nitrogens with zero attached hydrogens (tertiary/aromatic N) is 5. The molecule has 1 aliphatic heterocycles. The van der Waals surface area contributed by atoms with Gasteiger partial charge in [0.1, 0.15) is 12.2 Å². The van der Waals surface area contributed by atoms with E-state index in [2.05, 4.69) is 25.6 Å². The Hall–Kier alpha value is -2.94. The van der Waals surface area contributed by atoms with Crippen molar-refractivity contribution >= 4 is 17.6 Å². The maximum atomic E-state index is 12.7. The van der Waals surface area contributed by atoms with E-state index < -0.39 is 0 Å². The monoisotopic (exact) mass is 371 g/mol. The molecule has 3 rings (SSSR count). The molecule has 0 bridgehead atoms. The molecule has 1 aromatic carbocycles. The third-order valence-corrected chi connectivity index (χ3v) is 4.64. The lowest BCUT2D eigenvalue weighted by molar-refractivity contribution is 0.0664. The number of amides is 3. The number of benzene rings is 1. The summed E-state index contributed by atoms with van der Waals surface area (Å²) in [5.41, 5.74) is 1.14. The maximum Gasteiger partial charge on any atom is 0.319 e. The van der Waals surface area contributed by atoms with Gasteiger partial charge in [0.2, 0.25) is 0 Å². The van der Waals surface area contributed by atoms with Crippen LogP contribution in [0.3, 0.4) is 0 Å². The zero-order chi connectivity index (χ0) is 19.4. The van der Waals surface area contributed by atoms with Gasteiger partial charge in [-0.1, -0.05) is 6.07 Å². The molecule has 1 saturated heterocycles. The molecule has 9 heteroatoms. The fraction of sp³-hybridized carbons (Fsp3) is 0.444. The molecule has 2 heterocycles. The molecule has 0 spiro atoms. The second kappa shape index (κ2) is 8.17. The molecule has 1 atom stereocenters. The highest BCUT2D eigenvalue weighted by molar-refractivity contribution is 5.97. The number of carbonyl (C=O) groups is 2. The van der Waals surface area contributed by atoms with Crippen LogP contribution in [0.25, 0.3) is 0 Å². The van der Waals surface area contributed by atoms with Gasteiger partial charge in [0.05, 0.1) is 6.04 Å². The summed E-state index contributed by atoms with van der Waals surface area (Å²) in [5.74, 6) is 0.642. The Morgan fingerprint density at radius 1 is 1.15 bits per heavy atom. The van der Waals surface area contributed by atoms with Crippen molar-refractivity contribution in [2.24, 2.45) is 7.05 Å². The zero-order valence-electron chi connectivity index (χ0n) is 15.8. The van der Waals surface area contributed by atoms with Gasteiger partial charge >= 0.3 is 6.03 Å². The molecule has 1 aromatic heterocycles. The van der Waals surface area contributed by atoms with Crippen LogP contribution in [0.15, 0.2) is 30.6 Å². The Bertz CT molecular complexity index is 812. The molecule has 2 aromatic rings. The number of carbonyl (C=O) groups excluding carboxylic acids is 2. The summed E-state index contributed by atoms with van der Waals surface area (Å²) < 4.78 is 1.61. The molecule has 0 saturated carbocycles. The number of aryl methyl sites for hydroxylation is 1. The second-order valence-electron chi connectivity index (χ2n) is 6.74. The molecule has 1 fully saturated rings. The van der Waals surface area contributed by atoms with Gasteiger partial charge in [0.15, 0.2) is 0 Å². The Labute approximate surface area is 158 Å². The molecule has 1 unspecified atom stereocenters. The van der Waals surface area contributed by atoms with Crippen LogP contribution in [0.1, 0.15) is 29.1 Å². The zero-order valence-corrected chi connectivity index (χ0v) is 15.8. The molecule has 0 radical (unpaired) electrons. The third-order valence-electron chi connectivity index (χ3n) is 4.64. The smallest absolute Gasteiger partial charge is 0.319 e. The van der Waals surface area contributed by atoms with Crippen molar-refractivity contribution in [1.82, 2.24) is 29.9 Å². The van der Waals surface area contributed by atoms with Crippen molar-refractivity contribution < 1.29 is 9.59 Å². The van der Waals surface area contributed by atoms with Gasteiger partial charge in [-0.15, -0.1) is 0 Å². The molecular formula is C18H25N7O2. The van der Waals surface area contributed by atoms with Gasteiger partial charge in [-0.2, -0.15) is 5.10 Å². The van der Waals surface area contributed by atoms with E-state index in [0.717, 1.165) is 13.1 Å². The number of hydrogen-bond acceptors (Lipinski definition) is 5. The molecule has 1 aliphatic rings. The van der Waals surface area contributed by atoms with E-state index >= 15 is 0 Å². The number of rotatable bonds is 4. The molecule has 9 nitrogen and oxygen atoms in total. The number of aromatic nitrogens is 3. The lowest BCUT2D eigenvalue weighted by Gasteiger charge is -2.32. The van der Waals surface area contributed by atoms with Crippen LogP contribution in [0.5, 0.6) is 0 Å². The van der Waals surface area contributed by atoms with Crippen molar-refractivity contribution in [3.05, 3.63) is 42.0 Å². The Kier molecular flexibility index (Phi) is 5.70. The largest absolute Gasteiger partial charge is 0.336 e. The summed E-state index contributed by atoms with van der Waals surface area (Å²) in [6.07, 6.45) is 1.44. The number of hydrogen-bond donors (Lipinski definition) is 2. The number of urea groups is 1. The SMILES string of the molecule is CC(NC(=O)Nc1cccc(C(=O)N2CCN(C)CC2)c1)c1ncnn1C. The third kappa shape index (κ3) is 4.62. The minimum Gasteiger partial charge on any atom is -0.336 e. The number of likely N-dealkylation sites (N-methyl/N-ethyl adjacent to an activating group) is 1. The van der Waals surface area contributed by atoms with E-state index in [1.54, 1.807) is 36.0 Å². The molecule has 2 N–H and O–H groups in total. The van der Waals surface area contributed by atoms with Crippen molar-refractivity contribution in [3.8, 4) is 0 Å². The van der Waals surface area contributed by atoms with Gasteiger partial charge in [-0.3, -0.25) is 9.48 Å². The van der Waals surface area contributed by atoms with Crippen LogP contribution >= 0.6 is 0 Å². The van der Waals surface area contributed by atoms with Crippen molar-refractivity contribution in [2.75, 3.05) is 38.5 Å². The van der Waals surface area contributed by atoms with Gasteiger partial charge < -0.3 is 20.4 Å². The minimum atomic E-state index is -0.366. The Morgan fingerprint density at radius 2 is 1.89 bits per heavy atom. The van der Waals surface area contributed by atoms with E-state index in [4.69, 9.17) is 0 Å². The van der Waals surface area contributed by atoms with Crippen LogP contribution in [0.4, 0.5) is 10.5 Å². The van der Waals surface area contributed by atoms with E-state index in [-0.39, 0.29) is 18.0 Å². The van der Waals surface area contributed by atoms with Crippen molar-refractivity contribution in [1.29, 1.82) is 0 Å². The standard InChI is InChI=1S/C18H25N7O2/c1-13(16-19-12-20-24(16)3)21-18(27)22-15-6-4-5-14(11-15)17(26)25-9-7-23(2)8-10-25/h4-6,11-13H,7-10H2,1-3H3,(H2,21,22,27). The van der Waals surface area contributed by atoms with Crippen LogP contribution in [-0.4, -0.2) is 69.7 Å². The Balaban J connectivity index is 1.61. The summed E-state index contributed by atoms with van der Waals surface area (Å²) in [5, 5.41) is 9.59. The summed E-state index contributed by atoms with van der Waals surface area (Å²) in [6, 6.07) is 6.33. The second-order valence-corrected chi connectivity index (χ2v) is 6.74. The van der Waals surface area contributed by atoms with Crippen LogP contribution < -0.4 is 10.6 Å². The maximum absolute atomic E-state index is 12.7. The minimum absolute atomic E-state index is 0.0142. The van der Waals surface area contributed by atoms with Gasteiger partial charge in [0, 0.05) is 44.5 Å². The van der Waals surface area contributed by atoms with Gasteiger partial charge in [-0.05, 0) is 32.2 Å². The first-order valence-electron chi connectivity index (χ1n) is 8.93. The van der Waals surface area contributed by atoms with Crippen LogP contribution in [0.2, 0.25) is 0 Å². The molecule has 144 valence electrons. The van der Waals surface area contributed by atoms with E-state index in [0.29, 0.717) is 30.2 Å². The summed E-state index contributed by atoms with van der Waals surface area (Å²) in [6.45, 7) is 4.99. The van der Waals surface area contributed by atoms with Crippen LogP contribution in [-0.2, 0) is 7.05 Å². The number of anilines is 1. The molecule has 0 aliphatic carbocycles. The summed E-state index contributed by atoms with van der Waals surface area (Å²) in [7, 11) is 3.82. The summed E-state index contributed by atoms with van der Waals surface area (Å²) >= 11 is 0. The van der Waals surface area contributed by atoms with Gasteiger partial charge in [-0.25, -0.2) is 9.78 Å².